The third-order valence-corrected chi connectivity index (χ3v) is 2.80. The summed E-state index contributed by atoms with van der Waals surface area (Å²) in [5.74, 6) is 5.57. The second-order valence-corrected chi connectivity index (χ2v) is 4.01. The minimum absolute atomic E-state index is 0.169. The fourth-order valence-electron chi connectivity index (χ4n) is 1.78. The zero-order valence-electron chi connectivity index (χ0n) is 9.48. The molecular weight excluding hydrogens is 220 g/mol. The molecule has 1 aliphatic rings. The van der Waals surface area contributed by atoms with Crippen molar-refractivity contribution in [3.8, 4) is 0 Å². The Morgan fingerprint density at radius 1 is 1.65 bits per heavy atom. The van der Waals surface area contributed by atoms with Gasteiger partial charge >= 0.3 is 0 Å². The van der Waals surface area contributed by atoms with Crippen LogP contribution in [0.2, 0.25) is 0 Å². The van der Waals surface area contributed by atoms with Gasteiger partial charge in [-0.25, -0.2) is 0 Å². The molecule has 1 amide bonds. The molecule has 0 radical (unpaired) electrons. The fraction of sp³-hybridized carbons (Fsp3) is 0.455. The minimum Gasteiger partial charge on any atom is -0.381 e. The Labute approximate surface area is 99.5 Å². The molecule has 2 rings (SSSR count). The molecule has 0 saturated carbocycles. The van der Waals surface area contributed by atoms with Crippen LogP contribution < -0.4 is 16.6 Å². The van der Waals surface area contributed by atoms with Gasteiger partial charge in [-0.3, -0.25) is 15.6 Å². The van der Waals surface area contributed by atoms with Gasteiger partial charge in [0, 0.05) is 31.5 Å². The number of amides is 1. The number of hydrazine groups is 1. The first-order valence-corrected chi connectivity index (χ1v) is 5.58. The van der Waals surface area contributed by atoms with E-state index in [4.69, 9.17) is 10.6 Å². The molecule has 1 atom stereocenters. The lowest BCUT2D eigenvalue weighted by atomic mass is 10.1. The maximum Gasteiger partial charge on any atom is 0.255 e. The Hall–Kier alpha value is -1.66. The van der Waals surface area contributed by atoms with Crippen LogP contribution in [0.5, 0.6) is 0 Å². The van der Waals surface area contributed by atoms with Gasteiger partial charge in [0.2, 0.25) is 0 Å². The van der Waals surface area contributed by atoms with Gasteiger partial charge in [-0.1, -0.05) is 0 Å². The molecule has 1 fully saturated rings. The van der Waals surface area contributed by atoms with E-state index in [1.807, 2.05) is 0 Å². The normalized spacial score (nSPS) is 19.0. The average Bonchev–Trinajstić information content (AvgIpc) is 2.89. The lowest BCUT2D eigenvalue weighted by molar-refractivity contribution is 0.0945. The number of nitrogens with two attached hydrogens (primary N) is 1. The van der Waals surface area contributed by atoms with E-state index in [-0.39, 0.29) is 5.91 Å². The maximum atomic E-state index is 11.9. The number of nitrogens with one attached hydrogen (secondary N) is 2. The number of nitrogens with zero attached hydrogens (tertiary/aromatic N) is 1. The maximum absolute atomic E-state index is 11.9. The highest BCUT2D eigenvalue weighted by Gasteiger charge is 2.17. The van der Waals surface area contributed by atoms with E-state index in [1.165, 1.54) is 6.20 Å². The van der Waals surface area contributed by atoms with Gasteiger partial charge in [-0.15, -0.1) is 0 Å². The lowest BCUT2D eigenvalue weighted by Crippen LogP contribution is -2.30. The molecule has 1 aliphatic heterocycles. The molecule has 6 nitrogen and oxygen atoms in total. The van der Waals surface area contributed by atoms with E-state index in [1.54, 1.807) is 12.3 Å². The summed E-state index contributed by atoms with van der Waals surface area (Å²) in [5, 5.41) is 2.86. The van der Waals surface area contributed by atoms with E-state index < -0.39 is 0 Å². The van der Waals surface area contributed by atoms with E-state index in [0.717, 1.165) is 19.6 Å². The first-order chi connectivity index (χ1) is 8.31. The quantitative estimate of drug-likeness (QED) is 0.511. The van der Waals surface area contributed by atoms with E-state index in [9.17, 15) is 4.79 Å². The summed E-state index contributed by atoms with van der Waals surface area (Å²) in [4.78, 5) is 15.8. The Balaban J connectivity index is 1.94. The summed E-state index contributed by atoms with van der Waals surface area (Å²) >= 11 is 0. The van der Waals surface area contributed by atoms with Crippen LogP contribution in [0, 0.1) is 5.92 Å². The first-order valence-electron chi connectivity index (χ1n) is 5.58. The molecule has 0 spiro atoms. The molecule has 1 unspecified atom stereocenters. The molecule has 2 heterocycles. The standard InChI is InChI=1S/C11H16N4O2/c12-15-10-1-3-13-6-9(10)11(16)14-5-8-2-4-17-7-8/h1,3,6,8H,2,4-5,7,12H2,(H,13,15)(H,14,16). The zero-order valence-corrected chi connectivity index (χ0v) is 9.48. The Morgan fingerprint density at radius 3 is 3.24 bits per heavy atom. The second-order valence-electron chi connectivity index (χ2n) is 4.01. The van der Waals surface area contributed by atoms with Gasteiger partial charge < -0.3 is 15.5 Å². The molecule has 0 aromatic carbocycles. The molecule has 1 aromatic heterocycles. The highest BCUT2D eigenvalue weighted by Crippen LogP contribution is 2.13. The second kappa shape index (κ2) is 5.60. The van der Waals surface area contributed by atoms with Gasteiger partial charge in [0.1, 0.15) is 0 Å². The van der Waals surface area contributed by atoms with Crippen LogP contribution in [0.1, 0.15) is 16.8 Å². The molecule has 0 bridgehead atoms. The number of ether oxygens (including phenoxy) is 1. The van der Waals surface area contributed by atoms with Crippen molar-refractivity contribution >= 4 is 11.6 Å². The molecule has 1 aromatic rings. The van der Waals surface area contributed by atoms with E-state index >= 15 is 0 Å². The van der Waals surface area contributed by atoms with Crippen molar-refractivity contribution in [2.45, 2.75) is 6.42 Å². The predicted octanol–water partition coefficient (Wildman–Crippen LogP) is 0.133. The van der Waals surface area contributed by atoms with Gasteiger partial charge in [0.25, 0.3) is 5.91 Å². The van der Waals surface area contributed by atoms with Crippen molar-refractivity contribution in [2.24, 2.45) is 11.8 Å². The number of pyridine rings is 1. The number of carbonyl (C=O) groups excluding carboxylic acids is 1. The topological polar surface area (TPSA) is 89.3 Å². The summed E-state index contributed by atoms with van der Waals surface area (Å²) in [6, 6.07) is 1.66. The molecule has 4 N–H and O–H groups in total. The largest absolute Gasteiger partial charge is 0.381 e. The number of carbonyl (C=O) groups is 1. The third kappa shape index (κ3) is 2.92. The number of aromatic nitrogens is 1. The first kappa shape index (κ1) is 11.8. The average molecular weight is 236 g/mol. The Kier molecular flexibility index (Phi) is 3.89. The number of nitrogen functional groups attached to an aromatic ring is 1. The molecular formula is C11H16N4O2. The van der Waals surface area contributed by atoms with Crippen molar-refractivity contribution in [2.75, 3.05) is 25.2 Å². The summed E-state index contributed by atoms with van der Waals surface area (Å²) in [5.41, 5.74) is 3.50. The molecule has 6 heteroatoms. The van der Waals surface area contributed by atoms with Gasteiger partial charge in [-0.2, -0.15) is 0 Å². The zero-order chi connectivity index (χ0) is 12.1. The molecule has 17 heavy (non-hydrogen) atoms. The smallest absolute Gasteiger partial charge is 0.255 e. The van der Waals surface area contributed by atoms with Crippen LogP contribution >= 0.6 is 0 Å². The summed E-state index contributed by atoms with van der Waals surface area (Å²) < 4.78 is 5.24. The Morgan fingerprint density at radius 2 is 2.53 bits per heavy atom. The van der Waals surface area contributed by atoms with Crippen molar-refractivity contribution < 1.29 is 9.53 Å². The summed E-state index contributed by atoms with van der Waals surface area (Å²) in [7, 11) is 0. The predicted molar refractivity (Wildman–Crippen MR) is 63.3 cm³/mol. The number of hydrogen-bond donors (Lipinski definition) is 3. The van der Waals surface area contributed by atoms with Crippen LogP contribution in [0.15, 0.2) is 18.5 Å². The molecule has 92 valence electrons. The van der Waals surface area contributed by atoms with Gasteiger partial charge in [-0.05, 0) is 12.5 Å². The molecule has 0 aliphatic carbocycles. The van der Waals surface area contributed by atoms with Crippen molar-refractivity contribution in [1.82, 2.24) is 10.3 Å². The summed E-state index contributed by atoms with van der Waals surface area (Å²) in [6.07, 6.45) is 4.07. The monoisotopic (exact) mass is 236 g/mol. The lowest BCUT2D eigenvalue weighted by Gasteiger charge is -2.11. The van der Waals surface area contributed by atoms with E-state index in [0.29, 0.717) is 23.7 Å². The van der Waals surface area contributed by atoms with Crippen molar-refractivity contribution in [3.63, 3.8) is 0 Å². The Bertz CT molecular complexity index is 391. The third-order valence-electron chi connectivity index (χ3n) is 2.80. The number of anilines is 1. The molecule has 1 saturated heterocycles. The van der Waals surface area contributed by atoms with Crippen LogP contribution in [0.3, 0.4) is 0 Å². The highest BCUT2D eigenvalue weighted by molar-refractivity contribution is 5.99. The van der Waals surface area contributed by atoms with Crippen molar-refractivity contribution in [1.29, 1.82) is 0 Å². The minimum atomic E-state index is -0.169. The van der Waals surface area contributed by atoms with Crippen molar-refractivity contribution in [3.05, 3.63) is 24.0 Å². The van der Waals surface area contributed by atoms with Crippen LogP contribution in [0.4, 0.5) is 5.69 Å². The van der Waals surface area contributed by atoms with E-state index in [2.05, 4.69) is 15.7 Å². The van der Waals surface area contributed by atoms with Gasteiger partial charge in [0.05, 0.1) is 17.9 Å². The van der Waals surface area contributed by atoms with Crippen LogP contribution in [0.25, 0.3) is 0 Å². The summed E-state index contributed by atoms with van der Waals surface area (Å²) in [6.45, 7) is 2.12. The number of rotatable bonds is 4. The van der Waals surface area contributed by atoms with Crippen LogP contribution in [-0.2, 0) is 4.74 Å². The van der Waals surface area contributed by atoms with Crippen LogP contribution in [-0.4, -0.2) is 30.6 Å². The highest BCUT2D eigenvalue weighted by atomic mass is 16.5. The van der Waals surface area contributed by atoms with Gasteiger partial charge in [0.15, 0.2) is 0 Å². The fourth-order valence-corrected chi connectivity index (χ4v) is 1.78. The SMILES string of the molecule is NNc1ccncc1C(=O)NCC1CCOC1. The number of hydrogen-bond acceptors (Lipinski definition) is 5.